The van der Waals surface area contributed by atoms with Crippen LogP contribution in [0.25, 0.3) is 0 Å². The number of unbranched alkanes of at least 4 members (excludes halogenated alkanes) is 28. The quantitative estimate of drug-likeness (QED) is 0.0195. The molecular formula is C56H104NO8P. The standard InChI is InChI=1S/C56H104NO8P/c1-6-8-10-12-14-16-18-20-21-22-23-24-25-26-27-28-29-30-31-32-33-34-35-37-39-41-43-45-47-49-56(59)65-54(53-64-66(60,61)63-51-50-57(3,4)5)52-62-55(58)48-46-44-42-40-38-36-19-17-15-13-11-9-7-2/h8,10,14,16,20-21,23-24,54H,6-7,9,11-13,15,17-19,22,25-53H2,1-5H3/b10-8-,16-14-,21-20-,24-23-. The molecule has 0 heterocycles. The van der Waals surface area contributed by atoms with Crippen molar-refractivity contribution in [2.75, 3.05) is 47.5 Å². The van der Waals surface area contributed by atoms with Crippen LogP contribution in [-0.2, 0) is 32.7 Å². The van der Waals surface area contributed by atoms with Crippen LogP contribution in [0.2, 0.25) is 0 Å². The van der Waals surface area contributed by atoms with Gasteiger partial charge in [-0.2, -0.15) is 0 Å². The highest BCUT2D eigenvalue weighted by molar-refractivity contribution is 7.45. The zero-order chi connectivity index (χ0) is 48.5. The van der Waals surface area contributed by atoms with Crippen molar-refractivity contribution in [3.05, 3.63) is 48.6 Å². The first kappa shape index (κ1) is 64.0. The molecule has 0 aromatic carbocycles. The maximum absolute atomic E-state index is 12.8. The maximum Gasteiger partial charge on any atom is 0.306 e. The summed E-state index contributed by atoms with van der Waals surface area (Å²) in [6.07, 6.45) is 58.7. The molecule has 2 unspecified atom stereocenters. The number of nitrogens with zero attached hydrogens (tertiary/aromatic N) is 1. The lowest BCUT2D eigenvalue weighted by Gasteiger charge is -2.28. The minimum Gasteiger partial charge on any atom is -0.756 e. The van der Waals surface area contributed by atoms with E-state index in [9.17, 15) is 19.0 Å². The number of phosphoric acid groups is 1. The van der Waals surface area contributed by atoms with Crippen molar-refractivity contribution < 1.29 is 42.1 Å². The number of carbonyl (C=O) groups excluding carboxylic acids is 2. The third-order valence-electron chi connectivity index (χ3n) is 11.9. The Balaban J connectivity index is 4.08. The van der Waals surface area contributed by atoms with E-state index in [1.807, 2.05) is 21.1 Å². The molecule has 0 saturated heterocycles. The van der Waals surface area contributed by atoms with E-state index in [2.05, 4.69) is 62.5 Å². The Morgan fingerprint density at radius 1 is 0.485 bits per heavy atom. The number of hydrogen-bond donors (Lipinski definition) is 0. The highest BCUT2D eigenvalue weighted by Crippen LogP contribution is 2.38. The van der Waals surface area contributed by atoms with E-state index in [1.54, 1.807) is 0 Å². The fourth-order valence-corrected chi connectivity index (χ4v) is 8.38. The normalized spacial score (nSPS) is 13.7. The zero-order valence-electron chi connectivity index (χ0n) is 43.6. The number of ether oxygens (including phenoxy) is 2. The first-order valence-corrected chi connectivity index (χ1v) is 28.8. The van der Waals surface area contributed by atoms with Crippen molar-refractivity contribution in [1.29, 1.82) is 0 Å². The van der Waals surface area contributed by atoms with Crippen molar-refractivity contribution in [2.45, 2.75) is 251 Å². The van der Waals surface area contributed by atoms with Gasteiger partial charge in [-0.15, -0.1) is 0 Å². The second kappa shape index (κ2) is 48.0. The third-order valence-corrected chi connectivity index (χ3v) is 12.8. The van der Waals surface area contributed by atoms with Crippen LogP contribution in [0.3, 0.4) is 0 Å². The van der Waals surface area contributed by atoms with Gasteiger partial charge >= 0.3 is 11.9 Å². The minimum absolute atomic E-state index is 0.0293. The molecule has 0 fully saturated rings. The average Bonchev–Trinajstić information content (AvgIpc) is 3.27. The van der Waals surface area contributed by atoms with Gasteiger partial charge in [0.05, 0.1) is 27.7 Å². The van der Waals surface area contributed by atoms with Gasteiger partial charge in [0.15, 0.2) is 6.10 Å². The molecule has 2 atom stereocenters. The van der Waals surface area contributed by atoms with Gasteiger partial charge in [-0.05, 0) is 51.4 Å². The average molecular weight is 950 g/mol. The third kappa shape index (κ3) is 51.4. The molecule has 0 N–H and O–H groups in total. The highest BCUT2D eigenvalue weighted by Gasteiger charge is 2.21. The largest absolute Gasteiger partial charge is 0.756 e. The predicted octanol–water partition coefficient (Wildman–Crippen LogP) is 16.0. The minimum atomic E-state index is -4.63. The smallest absolute Gasteiger partial charge is 0.306 e. The molecule has 0 aliphatic rings. The molecule has 0 saturated carbocycles. The van der Waals surface area contributed by atoms with Crippen molar-refractivity contribution in [3.63, 3.8) is 0 Å². The summed E-state index contributed by atoms with van der Waals surface area (Å²) in [6, 6.07) is 0. The number of hydrogen-bond acceptors (Lipinski definition) is 8. The summed E-state index contributed by atoms with van der Waals surface area (Å²) >= 11 is 0. The van der Waals surface area contributed by atoms with E-state index in [-0.39, 0.29) is 32.0 Å². The van der Waals surface area contributed by atoms with Crippen LogP contribution >= 0.6 is 7.82 Å². The van der Waals surface area contributed by atoms with Crippen LogP contribution in [-0.4, -0.2) is 70.0 Å². The van der Waals surface area contributed by atoms with Gasteiger partial charge in [0.25, 0.3) is 7.82 Å². The molecule has 0 aliphatic carbocycles. The second-order valence-corrected chi connectivity index (χ2v) is 21.0. The number of quaternary nitrogens is 1. The van der Waals surface area contributed by atoms with Crippen LogP contribution in [0.15, 0.2) is 48.6 Å². The number of likely N-dealkylation sites (N-methyl/N-ethyl adjacent to an activating group) is 1. The Bertz CT molecular complexity index is 1260. The van der Waals surface area contributed by atoms with Crippen LogP contribution in [0.4, 0.5) is 0 Å². The lowest BCUT2D eigenvalue weighted by atomic mass is 10.0. The Morgan fingerprint density at radius 2 is 0.864 bits per heavy atom. The Morgan fingerprint density at radius 3 is 1.29 bits per heavy atom. The van der Waals surface area contributed by atoms with Crippen LogP contribution in [0.5, 0.6) is 0 Å². The van der Waals surface area contributed by atoms with E-state index in [0.717, 1.165) is 64.2 Å². The maximum atomic E-state index is 12.8. The van der Waals surface area contributed by atoms with Crippen molar-refractivity contribution in [2.24, 2.45) is 0 Å². The van der Waals surface area contributed by atoms with Gasteiger partial charge in [0, 0.05) is 12.8 Å². The predicted molar refractivity (Wildman–Crippen MR) is 277 cm³/mol. The van der Waals surface area contributed by atoms with Crippen LogP contribution in [0, 0.1) is 0 Å². The molecule has 66 heavy (non-hydrogen) atoms. The molecule has 0 bridgehead atoms. The van der Waals surface area contributed by atoms with Gasteiger partial charge in [-0.25, -0.2) is 0 Å². The SMILES string of the molecule is CC/C=C\C/C=C\C/C=C\C/C=C\CCCCCCCCCCCCCCCCCCC(=O)OC(COC(=O)CCCCCCCCCCCCCCC)COP(=O)([O-])OCC[N+](C)(C)C. The topological polar surface area (TPSA) is 111 Å². The summed E-state index contributed by atoms with van der Waals surface area (Å²) in [7, 11) is 1.17. The molecule has 0 rings (SSSR count). The van der Waals surface area contributed by atoms with Gasteiger partial charge in [0.2, 0.25) is 0 Å². The molecule has 0 aromatic heterocycles. The van der Waals surface area contributed by atoms with E-state index >= 15 is 0 Å². The van der Waals surface area contributed by atoms with E-state index < -0.39 is 26.5 Å². The van der Waals surface area contributed by atoms with E-state index in [0.29, 0.717) is 17.4 Å². The molecule has 10 heteroatoms. The first-order chi connectivity index (χ1) is 32.0. The molecule has 0 amide bonds. The van der Waals surface area contributed by atoms with E-state index in [4.69, 9.17) is 18.5 Å². The van der Waals surface area contributed by atoms with Crippen LogP contribution < -0.4 is 4.89 Å². The Kier molecular flexibility index (Phi) is 46.5. The number of allylic oxidation sites excluding steroid dienone is 8. The number of phosphoric ester groups is 1. The summed E-state index contributed by atoms with van der Waals surface area (Å²) in [5.74, 6) is -0.824. The number of rotatable bonds is 50. The first-order valence-electron chi connectivity index (χ1n) is 27.3. The van der Waals surface area contributed by atoms with Crippen molar-refractivity contribution in [3.8, 4) is 0 Å². The fourth-order valence-electron chi connectivity index (χ4n) is 7.65. The second-order valence-electron chi connectivity index (χ2n) is 19.6. The zero-order valence-corrected chi connectivity index (χ0v) is 44.5. The Hall–Kier alpha value is -2.03. The number of esters is 2. The van der Waals surface area contributed by atoms with Gasteiger partial charge < -0.3 is 27.9 Å². The highest BCUT2D eigenvalue weighted by atomic mass is 31.2. The monoisotopic (exact) mass is 950 g/mol. The molecule has 0 aromatic rings. The summed E-state index contributed by atoms with van der Waals surface area (Å²) in [4.78, 5) is 37.7. The van der Waals surface area contributed by atoms with Gasteiger partial charge in [0.1, 0.15) is 19.8 Å². The van der Waals surface area contributed by atoms with Gasteiger partial charge in [-0.3, -0.25) is 14.2 Å². The number of carbonyl (C=O) groups is 2. The fraction of sp³-hybridized carbons (Fsp3) is 0.821. The summed E-state index contributed by atoms with van der Waals surface area (Å²) in [5.41, 5.74) is 0. The lowest BCUT2D eigenvalue weighted by molar-refractivity contribution is -0.870. The van der Waals surface area contributed by atoms with Crippen LogP contribution in [0.1, 0.15) is 245 Å². The molecular weight excluding hydrogens is 846 g/mol. The van der Waals surface area contributed by atoms with Crippen molar-refractivity contribution >= 4 is 19.8 Å². The lowest BCUT2D eigenvalue weighted by Crippen LogP contribution is -2.37. The molecule has 386 valence electrons. The van der Waals surface area contributed by atoms with Crippen molar-refractivity contribution in [1.82, 2.24) is 0 Å². The van der Waals surface area contributed by atoms with Gasteiger partial charge in [-0.1, -0.05) is 229 Å². The summed E-state index contributed by atoms with van der Waals surface area (Å²) in [6.45, 7) is 4.15. The molecule has 0 aliphatic heterocycles. The summed E-state index contributed by atoms with van der Waals surface area (Å²) < 4.78 is 34.1. The molecule has 9 nitrogen and oxygen atoms in total. The van der Waals surface area contributed by atoms with E-state index in [1.165, 1.54) is 148 Å². The Labute approximate surface area is 407 Å². The molecule has 0 radical (unpaired) electrons. The summed E-state index contributed by atoms with van der Waals surface area (Å²) in [5, 5.41) is 0. The molecule has 0 spiro atoms.